The summed E-state index contributed by atoms with van der Waals surface area (Å²) in [6, 6.07) is 4.03. The van der Waals surface area contributed by atoms with E-state index >= 15 is 0 Å². The maximum Gasteiger partial charge on any atom is 0.0659 e. The standard InChI is InChI=1S/C12H20N2/c1-3-4-5-6-8-11(2)12-9-7-10-13-14-12/h7,9-11H,3-6,8H2,1-2H3. The first kappa shape index (κ1) is 11.2. The minimum Gasteiger partial charge on any atom is -0.159 e. The third-order valence-electron chi connectivity index (χ3n) is 2.59. The number of unbranched alkanes of at least 4 members (excludes halogenated alkanes) is 3. The molecule has 0 aromatic carbocycles. The molecule has 0 saturated heterocycles. The normalized spacial score (nSPS) is 12.7. The van der Waals surface area contributed by atoms with E-state index in [1.165, 1.54) is 32.1 Å². The first-order valence-electron chi connectivity index (χ1n) is 5.62. The summed E-state index contributed by atoms with van der Waals surface area (Å²) >= 11 is 0. The maximum absolute atomic E-state index is 4.13. The topological polar surface area (TPSA) is 25.8 Å². The number of hydrogen-bond donors (Lipinski definition) is 0. The van der Waals surface area contributed by atoms with Crippen LogP contribution in [-0.2, 0) is 0 Å². The van der Waals surface area contributed by atoms with Gasteiger partial charge in [-0.25, -0.2) is 0 Å². The second-order valence-electron chi connectivity index (χ2n) is 3.90. The molecule has 0 aliphatic heterocycles. The predicted molar refractivity (Wildman–Crippen MR) is 59.2 cm³/mol. The quantitative estimate of drug-likeness (QED) is 0.644. The first-order chi connectivity index (χ1) is 6.84. The van der Waals surface area contributed by atoms with Crippen LogP contribution in [0, 0.1) is 0 Å². The lowest BCUT2D eigenvalue weighted by Gasteiger charge is -2.08. The van der Waals surface area contributed by atoms with Gasteiger partial charge in [0.05, 0.1) is 5.69 Å². The summed E-state index contributed by atoms with van der Waals surface area (Å²) in [7, 11) is 0. The monoisotopic (exact) mass is 192 g/mol. The Hall–Kier alpha value is -0.920. The van der Waals surface area contributed by atoms with E-state index in [1.807, 2.05) is 6.07 Å². The third-order valence-corrected chi connectivity index (χ3v) is 2.59. The second kappa shape index (κ2) is 6.52. The minimum atomic E-state index is 0.556. The SMILES string of the molecule is CCCCCCC(C)c1cccnn1. The van der Waals surface area contributed by atoms with Crippen LogP contribution in [0.25, 0.3) is 0 Å². The van der Waals surface area contributed by atoms with Crippen molar-refractivity contribution in [3.8, 4) is 0 Å². The van der Waals surface area contributed by atoms with Gasteiger partial charge in [-0.2, -0.15) is 10.2 Å². The molecule has 0 N–H and O–H groups in total. The zero-order valence-electron chi connectivity index (χ0n) is 9.24. The van der Waals surface area contributed by atoms with E-state index in [0.29, 0.717) is 5.92 Å². The lowest BCUT2D eigenvalue weighted by Crippen LogP contribution is -1.98. The molecular weight excluding hydrogens is 172 g/mol. The summed E-state index contributed by atoms with van der Waals surface area (Å²) in [5, 5.41) is 8.03. The van der Waals surface area contributed by atoms with Crippen LogP contribution in [0.5, 0.6) is 0 Å². The fourth-order valence-electron chi connectivity index (χ4n) is 1.60. The van der Waals surface area contributed by atoms with Gasteiger partial charge in [-0.15, -0.1) is 0 Å². The van der Waals surface area contributed by atoms with Crippen molar-refractivity contribution >= 4 is 0 Å². The van der Waals surface area contributed by atoms with Gasteiger partial charge < -0.3 is 0 Å². The summed E-state index contributed by atoms with van der Waals surface area (Å²) in [6.45, 7) is 4.47. The molecule has 1 aromatic heterocycles. The number of nitrogens with zero attached hydrogens (tertiary/aromatic N) is 2. The fourth-order valence-corrected chi connectivity index (χ4v) is 1.60. The molecule has 14 heavy (non-hydrogen) atoms. The highest BCUT2D eigenvalue weighted by Crippen LogP contribution is 2.19. The van der Waals surface area contributed by atoms with Crippen LogP contribution in [0.2, 0.25) is 0 Å². The second-order valence-corrected chi connectivity index (χ2v) is 3.90. The lowest BCUT2D eigenvalue weighted by atomic mass is 9.99. The molecule has 0 bridgehead atoms. The first-order valence-corrected chi connectivity index (χ1v) is 5.62. The zero-order valence-corrected chi connectivity index (χ0v) is 9.24. The van der Waals surface area contributed by atoms with E-state index in [4.69, 9.17) is 0 Å². The van der Waals surface area contributed by atoms with E-state index < -0.39 is 0 Å². The Labute approximate surface area is 86.8 Å². The Bertz CT molecular complexity index is 233. The molecule has 0 aliphatic rings. The van der Waals surface area contributed by atoms with Crippen molar-refractivity contribution in [3.63, 3.8) is 0 Å². The molecule has 0 aliphatic carbocycles. The van der Waals surface area contributed by atoms with E-state index in [2.05, 4.69) is 30.1 Å². The van der Waals surface area contributed by atoms with Gasteiger partial charge in [0.2, 0.25) is 0 Å². The van der Waals surface area contributed by atoms with Crippen LogP contribution in [0.15, 0.2) is 18.3 Å². The molecule has 0 radical (unpaired) electrons. The predicted octanol–water partition coefficient (Wildman–Crippen LogP) is 3.55. The Kier molecular flexibility index (Phi) is 5.20. The maximum atomic E-state index is 4.13. The van der Waals surface area contributed by atoms with Crippen molar-refractivity contribution in [3.05, 3.63) is 24.0 Å². The molecule has 78 valence electrons. The summed E-state index contributed by atoms with van der Waals surface area (Å²) in [4.78, 5) is 0. The molecule has 0 fully saturated rings. The average molecular weight is 192 g/mol. The molecule has 2 nitrogen and oxygen atoms in total. The minimum absolute atomic E-state index is 0.556. The van der Waals surface area contributed by atoms with E-state index in [9.17, 15) is 0 Å². The van der Waals surface area contributed by atoms with Crippen molar-refractivity contribution < 1.29 is 0 Å². The largest absolute Gasteiger partial charge is 0.159 e. The van der Waals surface area contributed by atoms with Gasteiger partial charge in [0.1, 0.15) is 0 Å². The fraction of sp³-hybridized carbons (Fsp3) is 0.667. The van der Waals surface area contributed by atoms with Crippen molar-refractivity contribution in [2.75, 3.05) is 0 Å². The van der Waals surface area contributed by atoms with Crippen LogP contribution < -0.4 is 0 Å². The van der Waals surface area contributed by atoms with Gasteiger partial charge in [-0.05, 0) is 18.6 Å². The molecule has 1 atom stereocenters. The molecule has 2 heteroatoms. The van der Waals surface area contributed by atoms with Crippen LogP contribution in [-0.4, -0.2) is 10.2 Å². The highest BCUT2D eigenvalue weighted by molar-refractivity contribution is 5.04. The summed E-state index contributed by atoms with van der Waals surface area (Å²) in [5.41, 5.74) is 1.13. The number of hydrogen-bond acceptors (Lipinski definition) is 2. The molecule has 1 rings (SSSR count). The molecule has 1 aromatic rings. The van der Waals surface area contributed by atoms with Gasteiger partial charge in [0.25, 0.3) is 0 Å². The highest BCUT2D eigenvalue weighted by Gasteiger charge is 2.05. The summed E-state index contributed by atoms with van der Waals surface area (Å²) < 4.78 is 0. The van der Waals surface area contributed by atoms with Gasteiger partial charge in [-0.3, -0.25) is 0 Å². The number of aromatic nitrogens is 2. The number of rotatable bonds is 6. The van der Waals surface area contributed by atoms with Gasteiger partial charge in [-0.1, -0.05) is 39.5 Å². The smallest absolute Gasteiger partial charge is 0.0659 e. The van der Waals surface area contributed by atoms with E-state index in [0.717, 1.165) is 5.69 Å². The van der Waals surface area contributed by atoms with Crippen LogP contribution in [0.4, 0.5) is 0 Å². The van der Waals surface area contributed by atoms with E-state index in [1.54, 1.807) is 6.20 Å². The van der Waals surface area contributed by atoms with Crippen LogP contribution >= 0.6 is 0 Å². The van der Waals surface area contributed by atoms with Crippen LogP contribution in [0.1, 0.15) is 57.6 Å². The van der Waals surface area contributed by atoms with Crippen molar-refractivity contribution in [2.24, 2.45) is 0 Å². The van der Waals surface area contributed by atoms with Crippen molar-refractivity contribution in [2.45, 2.75) is 51.9 Å². The summed E-state index contributed by atoms with van der Waals surface area (Å²) in [6.07, 6.45) is 8.28. The Morgan fingerprint density at radius 2 is 2.14 bits per heavy atom. The highest BCUT2D eigenvalue weighted by atomic mass is 15.1. The average Bonchev–Trinajstić information content (AvgIpc) is 2.25. The lowest BCUT2D eigenvalue weighted by molar-refractivity contribution is 0.567. The molecule has 0 saturated carbocycles. The third kappa shape index (κ3) is 3.86. The molecule has 1 unspecified atom stereocenters. The van der Waals surface area contributed by atoms with Gasteiger partial charge in [0, 0.05) is 12.1 Å². The van der Waals surface area contributed by atoms with Gasteiger partial charge in [0.15, 0.2) is 0 Å². The Morgan fingerprint density at radius 1 is 1.29 bits per heavy atom. The summed E-state index contributed by atoms with van der Waals surface area (Å²) in [5.74, 6) is 0.556. The Balaban J connectivity index is 2.25. The van der Waals surface area contributed by atoms with Crippen molar-refractivity contribution in [1.29, 1.82) is 0 Å². The molecule has 0 amide bonds. The zero-order chi connectivity index (χ0) is 10.2. The van der Waals surface area contributed by atoms with Gasteiger partial charge >= 0.3 is 0 Å². The Morgan fingerprint density at radius 3 is 2.79 bits per heavy atom. The molecule has 1 heterocycles. The van der Waals surface area contributed by atoms with Crippen LogP contribution in [0.3, 0.4) is 0 Å². The molecule has 0 spiro atoms. The van der Waals surface area contributed by atoms with Crippen molar-refractivity contribution in [1.82, 2.24) is 10.2 Å². The molecular formula is C12H20N2. The van der Waals surface area contributed by atoms with E-state index in [-0.39, 0.29) is 0 Å².